The first kappa shape index (κ1) is 22.6. The van der Waals surface area contributed by atoms with E-state index in [0.29, 0.717) is 21.9 Å². The largest absolute Gasteiger partial charge is 0.497 e. The number of thiophene rings is 1. The number of methoxy groups -OCH3 is 1. The molecule has 0 bridgehead atoms. The molecule has 0 aliphatic rings. The van der Waals surface area contributed by atoms with E-state index in [4.69, 9.17) is 9.47 Å². The molecule has 5 nitrogen and oxygen atoms in total. The van der Waals surface area contributed by atoms with Crippen molar-refractivity contribution in [2.24, 2.45) is 0 Å². The lowest BCUT2D eigenvalue weighted by Gasteiger charge is -2.13. The number of nitrogens with one attached hydrogen (secondary N) is 1. The fraction of sp³-hybridized carbons (Fsp3) is 0.280. The van der Waals surface area contributed by atoms with Crippen molar-refractivity contribution in [2.45, 2.75) is 40.7 Å². The molecule has 3 rings (SSSR count). The minimum Gasteiger partial charge on any atom is -0.497 e. The first-order valence-electron chi connectivity index (χ1n) is 10.1. The van der Waals surface area contributed by atoms with Crippen LogP contribution in [0.25, 0.3) is 11.1 Å². The number of hydrogen-bond acceptors (Lipinski definition) is 5. The second kappa shape index (κ2) is 9.35. The van der Waals surface area contributed by atoms with E-state index in [1.807, 2.05) is 46.8 Å². The van der Waals surface area contributed by atoms with Gasteiger partial charge in [-0.2, -0.15) is 0 Å². The summed E-state index contributed by atoms with van der Waals surface area (Å²) in [5.74, 6) is -0.0733. The summed E-state index contributed by atoms with van der Waals surface area (Å²) < 4.78 is 10.7. The zero-order valence-corrected chi connectivity index (χ0v) is 19.5. The second-order valence-corrected chi connectivity index (χ2v) is 8.92. The number of aryl methyl sites for hydroxylation is 3. The van der Waals surface area contributed by atoms with Crippen LogP contribution in [0.5, 0.6) is 5.75 Å². The van der Waals surface area contributed by atoms with E-state index in [9.17, 15) is 9.59 Å². The van der Waals surface area contributed by atoms with Crippen LogP contribution in [0.3, 0.4) is 0 Å². The van der Waals surface area contributed by atoms with Gasteiger partial charge in [-0.3, -0.25) is 4.79 Å². The Labute approximate surface area is 187 Å². The number of rotatable bonds is 6. The molecule has 0 radical (unpaired) electrons. The van der Waals surface area contributed by atoms with Crippen LogP contribution in [0.1, 0.15) is 50.6 Å². The maximum Gasteiger partial charge on any atom is 0.342 e. The third-order valence-corrected chi connectivity index (χ3v) is 5.88. The van der Waals surface area contributed by atoms with Crippen molar-refractivity contribution < 1.29 is 19.1 Å². The topological polar surface area (TPSA) is 64.6 Å². The van der Waals surface area contributed by atoms with Gasteiger partial charge in [-0.1, -0.05) is 23.8 Å². The molecule has 0 fully saturated rings. The molecule has 31 heavy (non-hydrogen) atoms. The van der Waals surface area contributed by atoms with Gasteiger partial charge in [0, 0.05) is 16.0 Å². The van der Waals surface area contributed by atoms with E-state index in [1.54, 1.807) is 31.4 Å². The third-order valence-electron chi connectivity index (χ3n) is 4.86. The lowest BCUT2D eigenvalue weighted by molar-refractivity contribution is 0.0380. The summed E-state index contributed by atoms with van der Waals surface area (Å²) >= 11 is 1.38. The van der Waals surface area contributed by atoms with Gasteiger partial charge >= 0.3 is 5.97 Å². The summed E-state index contributed by atoms with van der Waals surface area (Å²) in [6.45, 7) is 9.62. The Hall–Kier alpha value is -3.12. The minimum atomic E-state index is -0.445. The zero-order chi connectivity index (χ0) is 22.7. The van der Waals surface area contributed by atoms with Crippen molar-refractivity contribution in [3.05, 3.63) is 69.6 Å². The lowest BCUT2D eigenvalue weighted by atomic mass is 9.95. The van der Waals surface area contributed by atoms with E-state index in [2.05, 4.69) is 11.4 Å². The average molecular weight is 438 g/mol. The number of anilines is 1. The van der Waals surface area contributed by atoms with Crippen molar-refractivity contribution in [1.82, 2.24) is 0 Å². The number of carbonyl (C=O) groups excluding carboxylic acids is 2. The number of carbonyl (C=O) groups is 2. The molecule has 0 saturated heterocycles. The maximum atomic E-state index is 13.1. The molecule has 0 atom stereocenters. The lowest BCUT2D eigenvalue weighted by Crippen LogP contribution is -2.17. The van der Waals surface area contributed by atoms with Crippen LogP contribution in [-0.2, 0) is 4.74 Å². The Bertz CT molecular complexity index is 1110. The monoisotopic (exact) mass is 437 g/mol. The summed E-state index contributed by atoms with van der Waals surface area (Å²) in [4.78, 5) is 26.9. The summed E-state index contributed by atoms with van der Waals surface area (Å²) in [6, 6.07) is 12.9. The molecule has 3 aromatic rings. The van der Waals surface area contributed by atoms with E-state index in [1.165, 1.54) is 11.3 Å². The summed E-state index contributed by atoms with van der Waals surface area (Å²) in [7, 11) is 1.57. The Morgan fingerprint density at radius 2 is 1.68 bits per heavy atom. The van der Waals surface area contributed by atoms with Crippen LogP contribution in [0.15, 0.2) is 42.5 Å². The van der Waals surface area contributed by atoms with Gasteiger partial charge in [-0.25, -0.2) is 4.79 Å². The van der Waals surface area contributed by atoms with Crippen molar-refractivity contribution in [2.75, 3.05) is 12.4 Å². The number of ether oxygens (including phenoxy) is 2. The molecule has 0 saturated carbocycles. The summed E-state index contributed by atoms with van der Waals surface area (Å²) in [5.41, 5.74) is 4.84. The molecular weight excluding hydrogens is 410 g/mol. The smallest absolute Gasteiger partial charge is 0.342 e. The molecule has 0 spiro atoms. The standard InChI is InChI=1S/C25H27NO4S/c1-14(2)30-25(28)22-21(20-12-7-15(3)13-16(20)4)17(5)31-24(22)26-23(27)18-8-10-19(29-6)11-9-18/h7-14H,1-6H3,(H,26,27). The summed E-state index contributed by atoms with van der Waals surface area (Å²) in [5, 5.41) is 3.40. The first-order chi connectivity index (χ1) is 14.7. The van der Waals surface area contributed by atoms with Crippen LogP contribution in [0.2, 0.25) is 0 Å². The van der Waals surface area contributed by atoms with Crippen molar-refractivity contribution >= 4 is 28.2 Å². The highest BCUT2D eigenvalue weighted by Crippen LogP contribution is 2.42. The predicted molar refractivity (Wildman–Crippen MR) is 125 cm³/mol. The zero-order valence-electron chi connectivity index (χ0n) is 18.7. The van der Waals surface area contributed by atoms with Crippen LogP contribution in [0.4, 0.5) is 5.00 Å². The van der Waals surface area contributed by atoms with Gasteiger partial charge in [-0.05, 0) is 70.0 Å². The number of amides is 1. The summed E-state index contributed by atoms with van der Waals surface area (Å²) in [6.07, 6.45) is -0.273. The maximum absolute atomic E-state index is 13.1. The Balaban J connectivity index is 2.07. The van der Waals surface area contributed by atoms with E-state index in [0.717, 1.165) is 27.1 Å². The average Bonchev–Trinajstić information content (AvgIpc) is 3.03. The van der Waals surface area contributed by atoms with Gasteiger partial charge in [0.15, 0.2) is 0 Å². The molecule has 2 aromatic carbocycles. The van der Waals surface area contributed by atoms with Gasteiger partial charge in [-0.15, -0.1) is 11.3 Å². The van der Waals surface area contributed by atoms with Crippen LogP contribution >= 0.6 is 11.3 Å². The van der Waals surface area contributed by atoms with Crippen molar-refractivity contribution in [3.8, 4) is 16.9 Å². The Morgan fingerprint density at radius 3 is 2.26 bits per heavy atom. The Kier molecular flexibility index (Phi) is 6.81. The molecular formula is C25H27NO4S. The molecule has 162 valence electrons. The van der Waals surface area contributed by atoms with E-state index < -0.39 is 5.97 Å². The highest BCUT2D eigenvalue weighted by atomic mass is 32.1. The van der Waals surface area contributed by atoms with Gasteiger partial charge in [0.2, 0.25) is 0 Å². The normalized spacial score (nSPS) is 10.8. The second-order valence-electron chi connectivity index (χ2n) is 7.69. The molecule has 0 aliphatic carbocycles. The first-order valence-corrected chi connectivity index (χ1v) is 10.9. The van der Waals surface area contributed by atoms with Crippen molar-refractivity contribution in [3.63, 3.8) is 0 Å². The Morgan fingerprint density at radius 1 is 1.00 bits per heavy atom. The van der Waals surface area contributed by atoms with Gasteiger partial charge in [0.1, 0.15) is 16.3 Å². The molecule has 1 N–H and O–H groups in total. The molecule has 1 amide bonds. The van der Waals surface area contributed by atoms with E-state index >= 15 is 0 Å². The van der Waals surface area contributed by atoms with Crippen LogP contribution in [-0.4, -0.2) is 25.1 Å². The molecule has 6 heteroatoms. The number of esters is 1. The van der Waals surface area contributed by atoms with Crippen LogP contribution < -0.4 is 10.1 Å². The van der Waals surface area contributed by atoms with Gasteiger partial charge in [0.25, 0.3) is 5.91 Å². The highest BCUT2D eigenvalue weighted by molar-refractivity contribution is 7.17. The highest BCUT2D eigenvalue weighted by Gasteiger charge is 2.27. The number of benzene rings is 2. The van der Waals surface area contributed by atoms with E-state index in [-0.39, 0.29) is 12.0 Å². The minimum absolute atomic E-state index is 0.273. The third kappa shape index (κ3) is 4.97. The molecule has 1 aromatic heterocycles. The fourth-order valence-electron chi connectivity index (χ4n) is 3.44. The fourth-order valence-corrected chi connectivity index (χ4v) is 4.49. The quantitative estimate of drug-likeness (QED) is 0.469. The SMILES string of the molecule is COc1ccc(C(=O)Nc2sc(C)c(-c3ccc(C)cc3C)c2C(=O)OC(C)C)cc1. The van der Waals surface area contributed by atoms with Gasteiger partial charge in [0.05, 0.1) is 13.2 Å². The van der Waals surface area contributed by atoms with Crippen molar-refractivity contribution in [1.29, 1.82) is 0 Å². The molecule has 0 unspecified atom stereocenters. The molecule has 1 heterocycles. The van der Waals surface area contributed by atoms with Crippen LogP contribution in [0, 0.1) is 20.8 Å². The molecule has 0 aliphatic heterocycles. The predicted octanol–water partition coefficient (Wildman–Crippen LogP) is 6.17. The number of hydrogen-bond donors (Lipinski definition) is 1. The van der Waals surface area contributed by atoms with Gasteiger partial charge < -0.3 is 14.8 Å².